The minimum Gasteiger partial charge on any atom is -0.339 e. The standard InChI is InChI=1S/C22H27ClN4O2/c1-16(2)22(29)26-13-11-25(12-14-26)20(28)10-9-19-17(3)24-27(21(19)23)15-18-7-5-4-6-8-18/h4-10,16H,11-15H2,1-3H3/b10-9+. The Kier molecular flexibility index (Phi) is 6.75. The Hall–Kier alpha value is -2.60. The van der Waals surface area contributed by atoms with Crippen molar-refractivity contribution in [1.82, 2.24) is 19.6 Å². The molecule has 1 aliphatic heterocycles. The van der Waals surface area contributed by atoms with E-state index in [1.807, 2.05) is 56.0 Å². The molecule has 154 valence electrons. The summed E-state index contributed by atoms with van der Waals surface area (Å²) in [7, 11) is 0. The number of carbonyl (C=O) groups excluding carboxylic acids is 2. The van der Waals surface area contributed by atoms with Crippen LogP contribution in [0.2, 0.25) is 5.15 Å². The molecule has 2 heterocycles. The van der Waals surface area contributed by atoms with E-state index in [0.717, 1.165) is 16.8 Å². The number of carbonyl (C=O) groups is 2. The molecule has 7 heteroatoms. The molecule has 1 fully saturated rings. The predicted molar refractivity (Wildman–Crippen MR) is 115 cm³/mol. The number of amides is 2. The highest BCUT2D eigenvalue weighted by Gasteiger charge is 2.24. The number of piperazine rings is 1. The first-order valence-corrected chi connectivity index (χ1v) is 10.3. The molecule has 29 heavy (non-hydrogen) atoms. The van der Waals surface area contributed by atoms with Gasteiger partial charge in [-0.05, 0) is 18.6 Å². The number of rotatable bonds is 5. The third-order valence-electron chi connectivity index (χ3n) is 5.07. The number of halogens is 1. The van der Waals surface area contributed by atoms with Crippen molar-refractivity contribution < 1.29 is 9.59 Å². The zero-order valence-corrected chi connectivity index (χ0v) is 17.9. The fourth-order valence-electron chi connectivity index (χ4n) is 3.39. The number of hydrogen-bond donors (Lipinski definition) is 0. The quantitative estimate of drug-likeness (QED) is 0.706. The van der Waals surface area contributed by atoms with Gasteiger partial charge in [-0.1, -0.05) is 55.8 Å². The van der Waals surface area contributed by atoms with Crippen molar-refractivity contribution in [3.63, 3.8) is 0 Å². The number of benzene rings is 1. The van der Waals surface area contributed by atoms with Gasteiger partial charge in [-0.3, -0.25) is 9.59 Å². The van der Waals surface area contributed by atoms with E-state index in [1.165, 1.54) is 0 Å². The number of aromatic nitrogens is 2. The lowest BCUT2D eigenvalue weighted by atomic mass is 10.1. The van der Waals surface area contributed by atoms with E-state index < -0.39 is 0 Å². The van der Waals surface area contributed by atoms with Crippen molar-refractivity contribution in [3.8, 4) is 0 Å². The van der Waals surface area contributed by atoms with Gasteiger partial charge in [0.1, 0.15) is 5.15 Å². The van der Waals surface area contributed by atoms with Crippen molar-refractivity contribution in [3.05, 3.63) is 58.4 Å². The van der Waals surface area contributed by atoms with Crippen molar-refractivity contribution in [2.45, 2.75) is 27.3 Å². The first-order valence-electron chi connectivity index (χ1n) is 9.89. The van der Waals surface area contributed by atoms with Gasteiger partial charge >= 0.3 is 0 Å². The van der Waals surface area contributed by atoms with E-state index in [9.17, 15) is 9.59 Å². The molecule has 1 saturated heterocycles. The average Bonchev–Trinajstić information content (AvgIpc) is 2.99. The van der Waals surface area contributed by atoms with Crippen LogP contribution < -0.4 is 0 Å². The van der Waals surface area contributed by atoms with Gasteiger partial charge in [0.05, 0.1) is 12.2 Å². The molecule has 0 N–H and O–H groups in total. The first kappa shape index (κ1) is 21.1. The molecule has 3 rings (SSSR count). The lowest BCUT2D eigenvalue weighted by Gasteiger charge is -2.35. The molecule has 0 atom stereocenters. The maximum Gasteiger partial charge on any atom is 0.246 e. The van der Waals surface area contributed by atoms with Gasteiger partial charge in [0.25, 0.3) is 0 Å². The molecular weight excluding hydrogens is 388 g/mol. The Labute approximate surface area is 176 Å². The highest BCUT2D eigenvalue weighted by atomic mass is 35.5. The second-order valence-corrected chi connectivity index (χ2v) is 7.93. The van der Waals surface area contributed by atoms with Crippen molar-refractivity contribution in [2.24, 2.45) is 5.92 Å². The SMILES string of the molecule is Cc1nn(Cc2ccccc2)c(Cl)c1/C=C/C(=O)N1CCN(C(=O)C(C)C)CC1. The largest absolute Gasteiger partial charge is 0.339 e. The summed E-state index contributed by atoms with van der Waals surface area (Å²) >= 11 is 6.51. The van der Waals surface area contributed by atoms with Crippen LogP contribution in [0.5, 0.6) is 0 Å². The van der Waals surface area contributed by atoms with Crippen LogP contribution in [0.25, 0.3) is 6.08 Å². The third kappa shape index (κ3) is 5.07. The highest BCUT2D eigenvalue weighted by molar-refractivity contribution is 6.31. The van der Waals surface area contributed by atoms with Gasteiger partial charge < -0.3 is 9.80 Å². The molecular formula is C22H27ClN4O2. The second-order valence-electron chi connectivity index (χ2n) is 7.57. The first-order chi connectivity index (χ1) is 13.9. The summed E-state index contributed by atoms with van der Waals surface area (Å²) in [6.07, 6.45) is 3.28. The molecule has 0 saturated carbocycles. The van der Waals surface area contributed by atoms with Crippen LogP contribution in [0, 0.1) is 12.8 Å². The number of aryl methyl sites for hydroxylation is 1. The molecule has 0 spiro atoms. The third-order valence-corrected chi connectivity index (χ3v) is 5.47. The van der Waals surface area contributed by atoms with Gasteiger partial charge in [0.2, 0.25) is 11.8 Å². The fourth-order valence-corrected chi connectivity index (χ4v) is 3.69. The van der Waals surface area contributed by atoms with Crippen LogP contribution in [0.1, 0.15) is 30.7 Å². The summed E-state index contributed by atoms with van der Waals surface area (Å²) in [4.78, 5) is 28.2. The molecule has 2 amide bonds. The van der Waals surface area contributed by atoms with Crippen molar-refractivity contribution >= 4 is 29.5 Å². The van der Waals surface area contributed by atoms with Crippen LogP contribution in [0.4, 0.5) is 0 Å². The predicted octanol–water partition coefficient (Wildman–Crippen LogP) is 3.23. The summed E-state index contributed by atoms with van der Waals surface area (Å²) in [6.45, 7) is 8.49. The van der Waals surface area contributed by atoms with Crippen molar-refractivity contribution in [1.29, 1.82) is 0 Å². The lowest BCUT2D eigenvalue weighted by Crippen LogP contribution is -2.51. The minimum atomic E-state index is -0.0760. The minimum absolute atomic E-state index is 0.0188. The molecule has 6 nitrogen and oxygen atoms in total. The Morgan fingerprint density at radius 3 is 2.34 bits per heavy atom. The summed E-state index contributed by atoms with van der Waals surface area (Å²) in [5.74, 6) is 0.0449. The van der Waals surface area contributed by atoms with Crippen LogP contribution in [0.3, 0.4) is 0 Å². The molecule has 2 aromatic rings. The second kappa shape index (κ2) is 9.27. The number of nitrogens with zero attached hydrogens (tertiary/aromatic N) is 4. The molecule has 0 aliphatic carbocycles. The van der Waals surface area contributed by atoms with Gasteiger partial charge in [0, 0.05) is 43.7 Å². The maximum absolute atomic E-state index is 12.6. The van der Waals surface area contributed by atoms with Crippen LogP contribution in [-0.2, 0) is 16.1 Å². The molecule has 1 aromatic heterocycles. The Balaban J connectivity index is 1.63. The zero-order chi connectivity index (χ0) is 21.0. The normalized spacial score (nSPS) is 14.8. The van der Waals surface area contributed by atoms with E-state index in [2.05, 4.69) is 5.10 Å². The highest BCUT2D eigenvalue weighted by Crippen LogP contribution is 2.22. The van der Waals surface area contributed by atoms with Crippen LogP contribution in [0.15, 0.2) is 36.4 Å². The van der Waals surface area contributed by atoms with Crippen LogP contribution in [-0.4, -0.2) is 57.6 Å². The monoisotopic (exact) mass is 414 g/mol. The van der Waals surface area contributed by atoms with Gasteiger partial charge in [0.15, 0.2) is 0 Å². The maximum atomic E-state index is 12.6. The summed E-state index contributed by atoms with van der Waals surface area (Å²) in [6, 6.07) is 9.98. The Morgan fingerprint density at radius 2 is 1.72 bits per heavy atom. The van der Waals surface area contributed by atoms with Crippen molar-refractivity contribution in [2.75, 3.05) is 26.2 Å². The summed E-state index contributed by atoms with van der Waals surface area (Å²) in [5.41, 5.74) is 2.64. The lowest BCUT2D eigenvalue weighted by molar-refractivity contribution is -0.139. The van der Waals surface area contributed by atoms with E-state index in [0.29, 0.717) is 37.9 Å². The van der Waals surface area contributed by atoms with Gasteiger partial charge in [-0.2, -0.15) is 5.10 Å². The average molecular weight is 415 g/mol. The molecule has 0 unspecified atom stereocenters. The number of hydrogen-bond acceptors (Lipinski definition) is 3. The zero-order valence-electron chi connectivity index (χ0n) is 17.1. The summed E-state index contributed by atoms with van der Waals surface area (Å²) in [5, 5.41) is 5.02. The van der Waals surface area contributed by atoms with Gasteiger partial charge in [-0.25, -0.2) is 4.68 Å². The smallest absolute Gasteiger partial charge is 0.246 e. The van der Waals surface area contributed by atoms with Crippen LogP contribution >= 0.6 is 11.6 Å². The van der Waals surface area contributed by atoms with E-state index in [-0.39, 0.29) is 17.7 Å². The Bertz CT molecular complexity index is 897. The topological polar surface area (TPSA) is 58.4 Å². The molecule has 1 aromatic carbocycles. The fraction of sp³-hybridized carbons (Fsp3) is 0.409. The summed E-state index contributed by atoms with van der Waals surface area (Å²) < 4.78 is 1.74. The van der Waals surface area contributed by atoms with E-state index in [1.54, 1.807) is 21.7 Å². The Morgan fingerprint density at radius 1 is 1.10 bits per heavy atom. The molecule has 0 radical (unpaired) electrons. The van der Waals surface area contributed by atoms with E-state index in [4.69, 9.17) is 11.6 Å². The molecule has 0 bridgehead atoms. The molecule has 1 aliphatic rings. The van der Waals surface area contributed by atoms with E-state index >= 15 is 0 Å². The van der Waals surface area contributed by atoms with Gasteiger partial charge in [-0.15, -0.1) is 0 Å².